The largest absolute Gasteiger partial charge is 0.506 e. The molecule has 5 rings (SSSR count). The van der Waals surface area contributed by atoms with Crippen molar-refractivity contribution in [2.75, 3.05) is 25.1 Å². The van der Waals surface area contributed by atoms with E-state index >= 15 is 0 Å². The third kappa shape index (κ3) is 5.58. The first-order valence-corrected chi connectivity index (χ1v) is 16.1. The maximum atomic E-state index is 13.8. The van der Waals surface area contributed by atoms with E-state index in [1.807, 2.05) is 30.9 Å². The smallest absolute Gasteiger partial charge is 0.416 e. The average molecular weight is 636 g/mol. The molecule has 2 aliphatic heterocycles. The van der Waals surface area contributed by atoms with Gasteiger partial charge in [-0.2, -0.15) is 17.7 Å². The second kappa shape index (κ2) is 11.8. The molecule has 0 amide bonds. The molecule has 0 aromatic heterocycles. The van der Waals surface area contributed by atoms with Crippen LogP contribution < -0.4 is 9.64 Å². The third-order valence-corrected chi connectivity index (χ3v) is 9.71. The number of anilines is 1. The highest BCUT2D eigenvalue weighted by atomic mass is 19.4. The van der Waals surface area contributed by atoms with Gasteiger partial charge in [0.05, 0.1) is 34.8 Å². The molecule has 1 aliphatic carbocycles. The monoisotopic (exact) mass is 635 g/mol. The van der Waals surface area contributed by atoms with Crippen molar-refractivity contribution in [1.82, 2.24) is 0 Å². The first-order chi connectivity index (χ1) is 21.4. The molecule has 2 heterocycles. The number of Topliss-reactive ketones (excluding diaryl/α,β-unsaturated/α-hetero) is 1. The van der Waals surface area contributed by atoms with Crippen molar-refractivity contribution < 1.29 is 32.4 Å². The van der Waals surface area contributed by atoms with Crippen LogP contribution in [0.25, 0.3) is 0 Å². The molecule has 46 heavy (non-hydrogen) atoms. The third-order valence-electron chi connectivity index (χ3n) is 9.71. The Balaban J connectivity index is 1.60. The lowest BCUT2D eigenvalue weighted by Crippen LogP contribution is -2.32. The van der Waals surface area contributed by atoms with Crippen LogP contribution in [-0.4, -0.2) is 41.4 Å². The van der Waals surface area contributed by atoms with Gasteiger partial charge in [-0.05, 0) is 68.0 Å². The number of alkyl halides is 3. The Morgan fingerprint density at radius 2 is 1.65 bits per heavy atom. The Labute approximate surface area is 270 Å². The normalized spacial score (nSPS) is 20.4. The Morgan fingerprint density at radius 1 is 0.978 bits per heavy atom. The molecule has 0 bridgehead atoms. The summed E-state index contributed by atoms with van der Waals surface area (Å²) in [4.78, 5) is 15.8. The zero-order valence-electron chi connectivity index (χ0n) is 28.4. The molecule has 0 radical (unpaired) electrons. The Kier molecular flexibility index (Phi) is 8.58. The Hall–Kier alpha value is -3.81. The van der Waals surface area contributed by atoms with Crippen molar-refractivity contribution in [3.05, 3.63) is 87.8 Å². The summed E-state index contributed by atoms with van der Waals surface area (Å²) in [5.74, 6) is 1.22. The number of ketones is 1. The van der Waals surface area contributed by atoms with E-state index in [9.17, 15) is 23.1 Å². The van der Waals surface area contributed by atoms with Gasteiger partial charge in [-0.1, -0.05) is 47.6 Å². The number of halogens is 3. The molecule has 246 valence electrons. The number of aliphatic hydroxyl groups excluding tert-OH is 1. The standard InChI is InChI=1S/C38H45F3N2O3/c1-22(2)15-17-42-28-14-13-24(38(39,40)41)19-27(28)36(5,6)31(42)20-25-34(44)26(35(25)45)21-32-37(7,8)33-29(11-10-12-30(33)46-9)43(32)18-16-23(3)4/h10-14,19-23H,15-18H2,1-9H3/p+1. The number of aliphatic hydroxyl groups is 1. The Bertz CT molecular complexity index is 1700. The second-order valence-corrected chi connectivity index (χ2v) is 14.6. The predicted octanol–water partition coefficient (Wildman–Crippen LogP) is 9.19. The molecule has 0 saturated carbocycles. The van der Waals surface area contributed by atoms with Gasteiger partial charge in [0.2, 0.25) is 11.5 Å². The first-order valence-electron chi connectivity index (χ1n) is 16.1. The van der Waals surface area contributed by atoms with Crippen LogP contribution in [0.5, 0.6) is 5.75 Å². The van der Waals surface area contributed by atoms with Gasteiger partial charge in [0.1, 0.15) is 18.1 Å². The minimum absolute atomic E-state index is 0.0981. The summed E-state index contributed by atoms with van der Waals surface area (Å²) < 4.78 is 49.1. The van der Waals surface area contributed by atoms with E-state index in [2.05, 4.69) is 52.2 Å². The van der Waals surface area contributed by atoms with Crippen LogP contribution in [0.4, 0.5) is 24.5 Å². The van der Waals surface area contributed by atoms with E-state index in [-0.39, 0.29) is 22.7 Å². The van der Waals surface area contributed by atoms with Crippen LogP contribution in [0, 0.1) is 11.8 Å². The highest BCUT2D eigenvalue weighted by molar-refractivity contribution is 6.24. The van der Waals surface area contributed by atoms with Crippen LogP contribution in [-0.2, 0) is 21.8 Å². The molecule has 0 atom stereocenters. The van der Waals surface area contributed by atoms with Crippen molar-refractivity contribution in [1.29, 1.82) is 0 Å². The number of carbonyl (C=O) groups is 1. The van der Waals surface area contributed by atoms with E-state index in [0.717, 1.165) is 48.2 Å². The van der Waals surface area contributed by atoms with Gasteiger partial charge >= 0.3 is 6.18 Å². The summed E-state index contributed by atoms with van der Waals surface area (Å²) in [6.45, 7) is 17.8. The van der Waals surface area contributed by atoms with E-state index in [1.165, 1.54) is 12.1 Å². The zero-order chi connectivity index (χ0) is 33.9. The highest BCUT2D eigenvalue weighted by Crippen LogP contribution is 2.51. The fourth-order valence-electron chi connectivity index (χ4n) is 6.95. The number of rotatable bonds is 9. The molecule has 0 unspecified atom stereocenters. The second-order valence-electron chi connectivity index (χ2n) is 14.6. The number of allylic oxidation sites excluding steroid dienone is 5. The molecule has 3 aliphatic rings. The maximum absolute atomic E-state index is 13.8. The van der Waals surface area contributed by atoms with Gasteiger partial charge in [0, 0.05) is 41.9 Å². The number of methoxy groups -OCH3 is 1. The Morgan fingerprint density at radius 3 is 2.24 bits per heavy atom. The molecule has 8 heteroatoms. The lowest BCUT2D eigenvalue weighted by molar-refractivity contribution is -0.439. The van der Waals surface area contributed by atoms with Crippen molar-refractivity contribution in [3.63, 3.8) is 0 Å². The van der Waals surface area contributed by atoms with Gasteiger partial charge in [-0.3, -0.25) is 4.79 Å². The summed E-state index contributed by atoms with van der Waals surface area (Å²) >= 11 is 0. The first kappa shape index (κ1) is 33.6. The number of hydrogen-bond acceptors (Lipinski definition) is 4. The fourth-order valence-corrected chi connectivity index (χ4v) is 6.95. The molecule has 0 fully saturated rings. The predicted molar refractivity (Wildman–Crippen MR) is 177 cm³/mol. The lowest BCUT2D eigenvalue weighted by atomic mass is 9.77. The molecule has 5 nitrogen and oxygen atoms in total. The summed E-state index contributed by atoms with van der Waals surface area (Å²) in [6, 6.07) is 9.83. The average Bonchev–Trinajstić information content (AvgIpc) is 3.33. The van der Waals surface area contributed by atoms with Crippen molar-refractivity contribution in [3.8, 4) is 5.75 Å². The molecular formula is C38H46F3N2O3+. The molecule has 2 aromatic rings. The maximum Gasteiger partial charge on any atom is 0.416 e. The summed E-state index contributed by atoms with van der Waals surface area (Å²) in [5, 5.41) is 11.4. The number of ether oxygens (including phenoxy) is 1. The molecule has 1 N–H and O–H groups in total. The van der Waals surface area contributed by atoms with Gasteiger partial charge in [0.25, 0.3) is 0 Å². The van der Waals surface area contributed by atoms with Gasteiger partial charge in [0.15, 0.2) is 5.71 Å². The number of carbonyl (C=O) groups excluding carboxylic acids is 1. The minimum atomic E-state index is -4.47. The molecule has 0 spiro atoms. The molecule has 2 aromatic carbocycles. The van der Waals surface area contributed by atoms with Crippen LogP contribution >= 0.6 is 0 Å². The van der Waals surface area contributed by atoms with Crippen LogP contribution in [0.3, 0.4) is 0 Å². The van der Waals surface area contributed by atoms with Crippen LogP contribution in [0.15, 0.2) is 71.2 Å². The topological polar surface area (TPSA) is 52.8 Å². The van der Waals surface area contributed by atoms with Gasteiger partial charge in [-0.15, -0.1) is 0 Å². The van der Waals surface area contributed by atoms with Crippen molar-refractivity contribution >= 4 is 22.9 Å². The number of fused-ring (bicyclic) bond motifs is 2. The van der Waals surface area contributed by atoms with E-state index in [0.29, 0.717) is 35.3 Å². The zero-order valence-corrected chi connectivity index (χ0v) is 28.4. The van der Waals surface area contributed by atoms with Gasteiger partial charge < -0.3 is 14.7 Å². The summed E-state index contributed by atoms with van der Waals surface area (Å²) in [6.07, 6.45) is 0.761. The van der Waals surface area contributed by atoms with Crippen LogP contribution in [0.1, 0.15) is 84.9 Å². The summed E-state index contributed by atoms with van der Waals surface area (Å²) in [7, 11) is 1.65. The quantitative estimate of drug-likeness (QED) is 0.221. The number of nitrogens with zero attached hydrogens (tertiary/aromatic N) is 2. The highest BCUT2D eigenvalue weighted by Gasteiger charge is 2.49. The lowest BCUT2D eigenvalue weighted by Gasteiger charge is -2.29. The van der Waals surface area contributed by atoms with Crippen molar-refractivity contribution in [2.45, 2.75) is 85.2 Å². The molecular weight excluding hydrogens is 589 g/mol. The van der Waals surface area contributed by atoms with Gasteiger partial charge in [-0.25, -0.2) is 0 Å². The number of hydrogen-bond donors (Lipinski definition) is 1. The van der Waals surface area contributed by atoms with Crippen LogP contribution in [0.2, 0.25) is 0 Å². The van der Waals surface area contributed by atoms with E-state index in [1.54, 1.807) is 19.3 Å². The molecule has 0 saturated heterocycles. The SMILES string of the molecule is COc1cccc2c1C(C)(C)C(/C=C1/C(=O)C(/C=C3/N(CCC(C)C)c4ccc(C(F)(F)F)cc4C3(C)C)=C1O)=[N+]2CCC(C)C. The van der Waals surface area contributed by atoms with E-state index < -0.39 is 22.6 Å². The summed E-state index contributed by atoms with van der Waals surface area (Å²) in [5.41, 5.74) is 3.29. The van der Waals surface area contributed by atoms with E-state index in [4.69, 9.17) is 4.74 Å². The number of benzene rings is 2. The minimum Gasteiger partial charge on any atom is -0.506 e. The van der Waals surface area contributed by atoms with Crippen molar-refractivity contribution in [2.24, 2.45) is 11.8 Å². The fraction of sp³-hybridized carbons (Fsp3) is 0.474.